The van der Waals surface area contributed by atoms with Crippen molar-refractivity contribution in [2.45, 2.75) is 19.3 Å². The number of imidazole rings is 1. The maximum atomic E-state index is 12.6. The maximum Gasteiger partial charge on any atom is 0.228 e. The highest BCUT2D eigenvalue weighted by Gasteiger charge is 2.22. The van der Waals surface area contributed by atoms with E-state index >= 15 is 0 Å². The number of allylic oxidation sites excluding steroid dienone is 2. The van der Waals surface area contributed by atoms with Crippen LogP contribution in [-0.4, -0.2) is 15.3 Å². The lowest BCUT2D eigenvalue weighted by atomic mass is 9.93. The maximum absolute atomic E-state index is 12.6. The number of rotatable bonds is 3. The zero-order valence-corrected chi connectivity index (χ0v) is 13.4. The van der Waals surface area contributed by atoms with Gasteiger partial charge in [-0.3, -0.25) is 9.20 Å². The Bertz CT molecular complexity index is 863. The topological polar surface area (TPSA) is 46.4 Å². The number of fused-ring (bicyclic) bond motifs is 1. The number of hydrogen-bond donors (Lipinski definition) is 1. The molecule has 1 aliphatic carbocycles. The molecule has 1 aromatic carbocycles. The minimum absolute atomic E-state index is 0.0489. The van der Waals surface area contributed by atoms with Crippen molar-refractivity contribution in [3.63, 3.8) is 0 Å². The monoisotopic (exact) mass is 323 g/mol. The van der Waals surface area contributed by atoms with Crippen LogP contribution in [0, 0.1) is 5.92 Å². The highest BCUT2D eigenvalue weighted by Crippen LogP contribution is 2.31. The Kier molecular flexibility index (Phi) is 3.71. The second kappa shape index (κ2) is 6.01. The van der Waals surface area contributed by atoms with Gasteiger partial charge in [0.1, 0.15) is 11.5 Å². The van der Waals surface area contributed by atoms with E-state index in [1.54, 1.807) is 11.3 Å². The summed E-state index contributed by atoms with van der Waals surface area (Å²) in [6.45, 7) is 0. The summed E-state index contributed by atoms with van der Waals surface area (Å²) in [5.41, 5.74) is 1.85. The molecule has 0 fully saturated rings. The molecule has 5 heteroatoms. The molecule has 1 amide bonds. The van der Waals surface area contributed by atoms with Gasteiger partial charge in [0.2, 0.25) is 5.91 Å². The van der Waals surface area contributed by atoms with E-state index in [-0.39, 0.29) is 11.8 Å². The molecule has 1 N–H and O–H groups in total. The Labute approximate surface area is 138 Å². The quantitative estimate of drug-likeness (QED) is 0.728. The third-order valence-corrected chi connectivity index (χ3v) is 4.95. The minimum atomic E-state index is 0.0489. The molecule has 0 aliphatic heterocycles. The number of thiazole rings is 1. The van der Waals surface area contributed by atoms with Crippen LogP contribution in [0.5, 0.6) is 0 Å². The molecule has 116 valence electrons. The first kappa shape index (κ1) is 14.2. The van der Waals surface area contributed by atoms with Gasteiger partial charge in [-0.05, 0) is 19.3 Å². The number of nitrogens with zero attached hydrogens (tertiary/aromatic N) is 2. The molecule has 4 rings (SSSR count). The van der Waals surface area contributed by atoms with Crippen molar-refractivity contribution in [3.05, 3.63) is 54.1 Å². The Balaban J connectivity index is 1.71. The third-order valence-electron chi connectivity index (χ3n) is 4.19. The molecule has 0 bridgehead atoms. The summed E-state index contributed by atoms with van der Waals surface area (Å²) in [5.74, 6) is 0.902. The molecule has 0 unspecified atom stereocenters. The van der Waals surface area contributed by atoms with Crippen molar-refractivity contribution in [2.75, 3.05) is 5.32 Å². The number of benzene rings is 1. The van der Waals surface area contributed by atoms with Gasteiger partial charge in [-0.1, -0.05) is 42.5 Å². The van der Waals surface area contributed by atoms with E-state index in [1.165, 1.54) is 0 Å². The Hall–Kier alpha value is -2.40. The molecule has 2 aromatic heterocycles. The number of carbonyl (C=O) groups excluding carboxylic acids is 1. The lowest BCUT2D eigenvalue weighted by Crippen LogP contribution is -2.24. The van der Waals surface area contributed by atoms with Gasteiger partial charge in [-0.25, -0.2) is 4.98 Å². The molecule has 1 aliphatic rings. The predicted molar refractivity (Wildman–Crippen MR) is 93.6 cm³/mol. The van der Waals surface area contributed by atoms with Gasteiger partial charge in [-0.15, -0.1) is 11.3 Å². The number of hydrogen-bond acceptors (Lipinski definition) is 3. The van der Waals surface area contributed by atoms with Crippen molar-refractivity contribution >= 4 is 28.0 Å². The number of aromatic nitrogens is 2. The average molecular weight is 323 g/mol. The largest absolute Gasteiger partial charge is 0.310 e. The van der Waals surface area contributed by atoms with Crippen LogP contribution in [0.4, 0.5) is 5.82 Å². The molecule has 0 spiro atoms. The summed E-state index contributed by atoms with van der Waals surface area (Å²) < 4.78 is 1.96. The highest BCUT2D eigenvalue weighted by molar-refractivity contribution is 7.15. The molecule has 1 atom stereocenters. The van der Waals surface area contributed by atoms with Gasteiger partial charge in [0.05, 0.1) is 0 Å². The van der Waals surface area contributed by atoms with Crippen molar-refractivity contribution in [2.24, 2.45) is 5.92 Å². The van der Waals surface area contributed by atoms with Crippen molar-refractivity contribution in [1.82, 2.24) is 9.38 Å². The molecular weight excluding hydrogens is 306 g/mol. The number of nitrogens with one attached hydrogen (secondary N) is 1. The first-order chi connectivity index (χ1) is 11.3. The molecule has 23 heavy (non-hydrogen) atoms. The summed E-state index contributed by atoms with van der Waals surface area (Å²) in [6.07, 6.45) is 8.91. The van der Waals surface area contributed by atoms with Crippen LogP contribution in [0.3, 0.4) is 0 Å². The Morgan fingerprint density at radius 2 is 2.13 bits per heavy atom. The lowest BCUT2D eigenvalue weighted by molar-refractivity contribution is -0.120. The first-order valence-electron chi connectivity index (χ1n) is 7.80. The summed E-state index contributed by atoms with van der Waals surface area (Å²) in [7, 11) is 0. The fraction of sp³-hybridized carbons (Fsp3) is 0.222. The van der Waals surface area contributed by atoms with Crippen LogP contribution in [-0.2, 0) is 4.79 Å². The Morgan fingerprint density at radius 3 is 2.91 bits per heavy atom. The Morgan fingerprint density at radius 1 is 1.26 bits per heavy atom. The number of carbonyl (C=O) groups is 1. The van der Waals surface area contributed by atoms with E-state index in [0.717, 1.165) is 41.3 Å². The SMILES string of the molecule is O=C(Nc1c(-c2ccccc2)nc2sccn12)[C@H]1CC=CCC1. The van der Waals surface area contributed by atoms with Crippen LogP contribution >= 0.6 is 11.3 Å². The van der Waals surface area contributed by atoms with E-state index in [4.69, 9.17) is 4.98 Å². The smallest absolute Gasteiger partial charge is 0.228 e. The zero-order valence-electron chi connectivity index (χ0n) is 12.6. The summed E-state index contributed by atoms with van der Waals surface area (Å²) in [4.78, 5) is 18.2. The summed E-state index contributed by atoms with van der Waals surface area (Å²) in [5, 5.41) is 5.10. The van der Waals surface area contributed by atoms with Crippen molar-refractivity contribution in [1.29, 1.82) is 0 Å². The normalized spacial score (nSPS) is 17.5. The first-order valence-corrected chi connectivity index (χ1v) is 8.68. The molecule has 2 heterocycles. The molecule has 0 saturated heterocycles. The molecular formula is C18H17N3OS. The van der Waals surface area contributed by atoms with E-state index in [0.29, 0.717) is 0 Å². The van der Waals surface area contributed by atoms with Crippen molar-refractivity contribution < 1.29 is 4.79 Å². The summed E-state index contributed by atoms with van der Waals surface area (Å²) >= 11 is 1.57. The van der Waals surface area contributed by atoms with E-state index < -0.39 is 0 Å². The lowest BCUT2D eigenvalue weighted by Gasteiger charge is -2.17. The van der Waals surface area contributed by atoms with Crippen LogP contribution in [0.1, 0.15) is 19.3 Å². The second-order valence-corrected chi connectivity index (χ2v) is 6.57. The molecule has 0 saturated carbocycles. The predicted octanol–water partition coefficient (Wildman–Crippen LogP) is 4.36. The fourth-order valence-corrected chi connectivity index (χ4v) is 3.67. The van der Waals surface area contributed by atoms with Crippen molar-refractivity contribution in [3.8, 4) is 11.3 Å². The van der Waals surface area contributed by atoms with Gasteiger partial charge >= 0.3 is 0 Å². The highest BCUT2D eigenvalue weighted by atomic mass is 32.1. The van der Waals surface area contributed by atoms with Gasteiger partial charge < -0.3 is 5.32 Å². The van der Waals surface area contributed by atoms with Crippen LogP contribution in [0.2, 0.25) is 0 Å². The number of amides is 1. The fourth-order valence-electron chi connectivity index (χ4n) is 2.95. The second-order valence-electron chi connectivity index (χ2n) is 5.70. The molecule has 3 aromatic rings. The zero-order chi connectivity index (χ0) is 15.6. The van der Waals surface area contributed by atoms with E-state index in [9.17, 15) is 4.79 Å². The average Bonchev–Trinajstić information content (AvgIpc) is 3.19. The molecule has 0 radical (unpaired) electrons. The molecule has 4 nitrogen and oxygen atoms in total. The van der Waals surface area contributed by atoms with Crippen LogP contribution in [0.25, 0.3) is 16.2 Å². The standard InChI is InChI=1S/C18H17N3OS/c22-17(14-9-5-2-6-10-14)20-16-15(13-7-3-1-4-8-13)19-18-21(16)11-12-23-18/h1-5,7-8,11-12,14H,6,9-10H2,(H,20,22)/t14-/m0/s1. The van der Waals surface area contributed by atoms with E-state index in [2.05, 4.69) is 17.5 Å². The van der Waals surface area contributed by atoms with Gasteiger partial charge in [0.15, 0.2) is 4.96 Å². The van der Waals surface area contributed by atoms with Gasteiger partial charge in [0.25, 0.3) is 0 Å². The summed E-state index contributed by atoms with van der Waals surface area (Å²) in [6, 6.07) is 9.99. The van der Waals surface area contributed by atoms with Gasteiger partial charge in [-0.2, -0.15) is 0 Å². The third kappa shape index (κ3) is 2.68. The van der Waals surface area contributed by atoms with Crippen LogP contribution in [0.15, 0.2) is 54.1 Å². The van der Waals surface area contributed by atoms with Gasteiger partial charge in [0, 0.05) is 23.1 Å². The van der Waals surface area contributed by atoms with E-state index in [1.807, 2.05) is 46.3 Å². The minimum Gasteiger partial charge on any atom is -0.310 e. The number of anilines is 1. The van der Waals surface area contributed by atoms with Crippen LogP contribution < -0.4 is 5.32 Å².